The summed E-state index contributed by atoms with van der Waals surface area (Å²) in [7, 11) is 2.14. The molecule has 3 saturated heterocycles. The number of nitrogens with zero attached hydrogens (tertiary/aromatic N) is 7. The molecule has 0 spiro atoms. The molecule has 56 heavy (non-hydrogen) atoms. The van der Waals surface area contributed by atoms with Crippen molar-refractivity contribution in [3.63, 3.8) is 0 Å². The van der Waals surface area contributed by atoms with E-state index < -0.39 is 0 Å². The summed E-state index contributed by atoms with van der Waals surface area (Å²) in [6, 6.07) is 12.1. The topological polar surface area (TPSA) is 155 Å². The van der Waals surface area contributed by atoms with E-state index in [0.29, 0.717) is 35.8 Å². The van der Waals surface area contributed by atoms with Crippen molar-refractivity contribution in [1.82, 2.24) is 29.7 Å². The molecule has 1 aliphatic carbocycles. The van der Waals surface area contributed by atoms with Crippen LogP contribution in [-0.4, -0.2) is 102 Å². The molecule has 1 aromatic carbocycles. The Morgan fingerprint density at radius 1 is 0.839 bits per heavy atom. The predicted molar refractivity (Wildman–Crippen MR) is 219 cm³/mol. The molecule has 14 nitrogen and oxygen atoms in total. The fraction of sp³-hybridized carbons (Fsp3) is 0.500. The lowest BCUT2D eigenvalue weighted by atomic mass is 9.90. The van der Waals surface area contributed by atoms with Crippen molar-refractivity contribution in [1.29, 1.82) is 0 Å². The number of carbonyl (C=O) groups excluding carboxylic acids is 3. The molecule has 3 aromatic heterocycles. The normalized spacial score (nSPS) is 19.1. The maximum absolute atomic E-state index is 13.4. The molecule has 4 aromatic rings. The molecule has 298 valence electrons. The first kappa shape index (κ1) is 40.5. The number of hydrogen-bond acceptors (Lipinski definition) is 12. The summed E-state index contributed by atoms with van der Waals surface area (Å²) >= 11 is 0. The maximum Gasteiger partial charge on any atom is 0.263 e. The van der Waals surface area contributed by atoms with Crippen LogP contribution in [0.15, 0.2) is 53.6 Å². The van der Waals surface area contributed by atoms with Crippen LogP contribution < -0.4 is 26.0 Å². The van der Waals surface area contributed by atoms with Gasteiger partial charge in [-0.2, -0.15) is 4.98 Å². The van der Waals surface area contributed by atoms with E-state index in [1.54, 1.807) is 17.7 Å². The number of imide groups is 1. The molecule has 1 saturated carbocycles. The Bertz CT molecular complexity index is 2050. The Balaban J connectivity index is 0.000000205. The minimum atomic E-state index is -0.247. The van der Waals surface area contributed by atoms with E-state index in [4.69, 9.17) is 9.72 Å². The standard InChI is InChI=1S/C25H31N7O2.C15H18N2O3.C2H6/c1-16-20-15-27-25(28-21-9-8-19(14-26-21)31-12-10-30(3)11-13-31)29-23(20)32(18-6-4-5-7-18)24(34)22(16)17(2)33;18-14-6-5-13(15(19)16-14)11-1-3-12(4-2-11)17-7-9-20-10-8-17;1-2/h8-9,14-15,18H,4-7,10-13H2,1-3H3,(H,26,27,28,29);1-4,13H,5-10H2,(H,16,18,19);1-2H3. The van der Waals surface area contributed by atoms with Gasteiger partial charge in [-0.25, -0.2) is 9.97 Å². The van der Waals surface area contributed by atoms with Crippen molar-refractivity contribution in [2.45, 2.75) is 78.2 Å². The highest BCUT2D eigenvalue weighted by Crippen LogP contribution is 2.32. The first-order chi connectivity index (χ1) is 27.2. The summed E-state index contributed by atoms with van der Waals surface area (Å²) in [6.45, 7) is 14.6. The fourth-order valence-corrected chi connectivity index (χ4v) is 7.89. The number of carbonyl (C=O) groups is 3. The Morgan fingerprint density at radius 2 is 1.50 bits per heavy atom. The van der Waals surface area contributed by atoms with Gasteiger partial charge < -0.3 is 24.8 Å². The van der Waals surface area contributed by atoms with E-state index in [1.807, 2.05) is 50.4 Å². The lowest BCUT2D eigenvalue weighted by Gasteiger charge is -2.33. The molecule has 6 heterocycles. The van der Waals surface area contributed by atoms with Gasteiger partial charge in [0.1, 0.15) is 11.5 Å². The van der Waals surface area contributed by atoms with E-state index in [0.717, 1.165) is 100 Å². The second kappa shape index (κ2) is 18.6. The number of morpholine rings is 1. The summed E-state index contributed by atoms with van der Waals surface area (Å²) in [5.41, 5.74) is 4.44. The molecule has 0 radical (unpaired) electrons. The van der Waals surface area contributed by atoms with Crippen LogP contribution in [0.25, 0.3) is 11.0 Å². The molecule has 1 atom stereocenters. The number of pyridine rings is 2. The van der Waals surface area contributed by atoms with E-state index in [1.165, 1.54) is 6.92 Å². The van der Waals surface area contributed by atoms with E-state index in [-0.39, 0.29) is 40.7 Å². The van der Waals surface area contributed by atoms with Crippen LogP contribution in [0.5, 0.6) is 0 Å². The zero-order valence-corrected chi connectivity index (χ0v) is 33.3. The number of Topliss-reactive ketones (excluding diaryl/α,β-unsaturated/α-hetero) is 1. The number of hydrogen-bond donors (Lipinski definition) is 2. The second-order valence-corrected chi connectivity index (χ2v) is 14.6. The van der Waals surface area contributed by atoms with Crippen molar-refractivity contribution >= 4 is 51.8 Å². The molecule has 3 aliphatic heterocycles. The number of ether oxygens (including phenoxy) is 1. The molecule has 2 amide bonds. The predicted octanol–water partition coefficient (Wildman–Crippen LogP) is 5.38. The van der Waals surface area contributed by atoms with Gasteiger partial charge in [0.05, 0.1) is 36.6 Å². The first-order valence-electron chi connectivity index (χ1n) is 20.0. The van der Waals surface area contributed by atoms with Crippen LogP contribution in [0.4, 0.5) is 23.1 Å². The Morgan fingerprint density at radius 3 is 2.12 bits per heavy atom. The largest absolute Gasteiger partial charge is 0.378 e. The lowest BCUT2D eigenvalue weighted by Crippen LogP contribution is -2.44. The number of rotatable bonds is 7. The molecule has 2 N–H and O–H groups in total. The summed E-state index contributed by atoms with van der Waals surface area (Å²) < 4.78 is 7.06. The Labute approximate surface area is 328 Å². The van der Waals surface area contributed by atoms with Crippen LogP contribution in [0.1, 0.15) is 92.7 Å². The van der Waals surface area contributed by atoms with E-state index >= 15 is 0 Å². The van der Waals surface area contributed by atoms with Gasteiger partial charge in [0.2, 0.25) is 17.8 Å². The number of aryl methyl sites for hydroxylation is 1. The van der Waals surface area contributed by atoms with Gasteiger partial charge in [0.15, 0.2) is 5.78 Å². The minimum Gasteiger partial charge on any atom is -0.378 e. The summed E-state index contributed by atoms with van der Waals surface area (Å²) in [5.74, 6) is 0.253. The lowest BCUT2D eigenvalue weighted by molar-refractivity contribution is -0.134. The number of anilines is 4. The number of amides is 2. The number of piperidine rings is 1. The van der Waals surface area contributed by atoms with Gasteiger partial charge in [0, 0.05) is 69.0 Å². The Hall–Kier alpha value is -5.21. The number of piperazine rings is 1. The minimum absolute atomic E-state index is 0.0532. The van der Waals surface area contributed by atoms with Crippen molar-refractivity contribution < 1.29 is 19.1 Å². The van der Waals surface area contributed by atoms with Crippen LogP contribution in [0.3, 0.4) is 0 Å². The van der Waals surface area contributed by atoms with E-state index in [2.05, 4.69) is 48.4 Å². The number of benzene rings is 1. The average molecular weight is 766 g/mol. The van der Waals surface area contributed by atoms with Gasteiger partial charge in [-0.05, 0) is 75.5 Å². The third-order valence-corrected chi connectivity index (χ3v) is 11.0. The molecule has 4 aliphatic rings. The van der Waals surface area contributed by atoms with Crippen molar-refractivity contribution in [3.8, 4) is 0 Å². The summed E-state index contributed by atoms with van der Waals surface area (Å²) in [4.78, 5) is 69.3. The Kier molecular flexibility index (Phi) is 13.4. The van der Waals surface area contributed by atoms with Gasteiger partial charge >= 0.3 is 0 Å². The van der Waals surface area contributed by atoms with Crippen LogP contribution >= 0.6 is 0 Å². The van der Waals surface area contributed by atoms with Crippen LogP contribution in [0, 0.1) is 6.92 Å². The molecule has 4 fully saturated rings. The van der Waals surface area contributed by atoms with Gasteiger partial charge in [-0.1, -0.05) is 38.8 Å². The number of ketones is 1. The van der Waals surface area contributed by atoms with Crippen molar-refractivity contribution in [2.24, 2.45) is 0 Å². The number of likely N-dealkylation sites (N-methyl/N-ethyl adjacent to an activating group) is 1. The number of aromatic nitrogens is 4. The third kappa shape index (κ3) is 9.24. The molecule has 0 bridgehead atoms. The smallest absolute Gasteiger partial charge is 0.263 e. The zero-order valence-electron chi connectivity index (χ0n) is 33.3. The van der Waals surface area contributed by atoms with Gasteiger partial charge in [-0.3, -0.25) is 29.1 Å². The van der Waals surface area contributed by atoms with Crippen molar-refractivity contribution in [3.05, 3.63) is 75.8 Å². The molecular formula is C42H55N9O5. The molecule has 14 heteroatoms. The zero-order chi connectivity index (χ0) is 39.8. The highest BCUT2D eigenvalue weighted by Gasteiger charge is 2.28. The van der Waals surface area contributed by atoms with Crippen LogP contribution in [0.2, 0.25) is 0 Å². The SMILES string of the molecule is CC.CC(=O)c1c(C)c2cnc(Nc3ccc(N4CCN(C)CC4)cn3)nc2n(C2CCCC2)c1=O.O=C1CCC(c2ccc(N3CCOCC3)cc2)C(=O)N1. The average Bonchev–Trinajstić information content (AvgIpc) is 3.75. The van der Waals surface area contributed by atoms with Crippen LogP contribution in [-0.2, 0) is 14.3 Å². The third-order valence-electron chi connectivity index (χ3n) is 11.0. The molecular weight excluding hydrogens is 711 g/mol. The first-order valence-corrected chi connectivity index (χ1v) is 20.0. The molecule has 8 rings (SSSR count). The quantitative estimate of drug-likeness (QED) is 0.184. The highest BCUT2D eigenvalue weighted by atomic mass is 16.5. The van der Waals surface area contributed by atoms with Crippen molar-refractivity contribution in [2.75, 3.05) is 74.6 Å². The number of nitrogens with one attached hydrogen (secondary N) is 2. The van der Waals surface area contributed by atoms with Gasteiger partial charge in [0.25, 0.3) is 5.56 Å². The maximum atomic E-state index is 13.4. The monoisotopic (exact) mass is 765 g/mol. The summed E-state index contributed by atoms with van der Waals surface area (Å²) in [5, 5.41) is 6.32. The highest BCUT2D eigenvalue weighted by molar-refractivity contribution is 6.01. The second-order valence-electron chi connectivity index (χ2n) is 14.6. The fourth-order valence-electron chi connectivity index (χ4n) is 7.89. The summed E-state index contributed by atoms with van der Waals surface area (Å²) in [6.07, 6.45) is 8.56. The number of fused-ring (bicyclic) bond motifs is 1. The molecule has 1 unspecified atom stereocenters. The van der Waals surface area contributed by atoms with Gasteiger partial charge in [-0.15, -0.1) is 0 Å². The van der Waals surface area contributed by atoms with E-state index in [9.17, 15) is 19.2 Å².